The van der Waals surface area contributed by atoms with Gasteiger partial charge in [0.25, 0.3) is 0 Å². The van der Waals surface area contributed by atoms with E-state index in [-0.39, 0.29) is 10.6 Å². The van der Waals surface area contributed by atoms with Crippen molar-refractivity contribution in [2.75, 3.05) is 0 Å². The van der Waals surface area contributed by atoms with E-state index >= 15 is 0 Å². The molecular weight excluding hydrogens is 244 g/mol. The molecule has 0 saturated heterocycles. The van der Waals surface area contributed by atoms with E-state index in [9.17, 15) is 4.79 Å². The van der Waals surface area contributed by atoms with Gasteiger partial charge < -0.3 is 0 Å². The number of rotatable bonds is 2. The van der Waals surface area contributed by atoms with Crippen LogP contribution in [0.5, 0.6) is 0 Å². The van der Waals surface area contributed by atoms with Gasteiger partial charge in [0.2, 0.25) is 5.78 Å². The molecule has 3 heteroatoms. The Labute approximate surface area is 90.4 Å². The maximum atomic E-state index is 11.4. The number of ketones is 1. The average Bonchev–Trinajstić information content (AvgIpc) is 1.97. The molecule has 0 amide bonds. The fraction of sp³-hybridized carbons (Fsp3) is 0.700. The molecule has 0 N–H and O–H groups in total. The SMILES string of the molecule is CC(C)[C@@H](Br)C(=O)C#C[Si](C)(C)C. The van der Waals surface area contributed by atoms with Crippen molar-refractivity contribution in [1.29, 1.82) is 0 Å². The minimum Gasteiger partial charge on any atom is -0.284 e. The lowest BCUT2D eigenvalue weighted by atomic mass is 10.1. The van der Waals surface area contributed by atoms with E-state index in [0.717, 1.165) is 0 Å². The third-order valence-corrected chi connectivity index (χ3v) is 3.74. The molecule has 0 bridgehead atoms. The van der Waals surface area contributed by atoms with Crippen LogP contribution in [0.15, 0.2) is 0 Å². The van der Waals surface area contributed by atoms with Crippen LogP contribution < -0.4 is 0 Å². The molecule has 1 nitrogen and oxygen atoms in total. The first kappa shape index (κ1) is 12.9. The number of Topliss-reactive ketones (excluding diaryl/α,β-unsaturated/α-hetero) is 1. The van der Waals surface area contributed by atoms with Gasteiger partial charge in [-0.15, -0.1) is 5.54 Å². The summed E-state index contributed by atoms with van der Waals surface area (Å²) in [6, 6.07) is 0. The van der Waals surface area contributed by atoms with Gasteiger partial charge in [-0.3, -0.25) is 4.79 Å². The van der Waals surface area contributed by atoms with Gasteiger partial charge in [-0.2, -0.15) is 0 Å². The van der Waals surface area contributed by atoms with E-state index < -0.39 is 8.07 Å². The predicted octanol–water partition coefficient (Wildman–Crippen LogP) is 2.86. The fourth-order valence-corrected chi connectivity index (χ4v) is 1.23. The molecule has 0 aromatic rings. The van der Waals surface area contributed by atoms with Gasteiger partial charge in [0, 0.05) is 0 Å². The van der Waals surface area contributed by atoms with Crippen LogP contribution in [0.4, 0.5) is 0 Å². The Hall–Kier alpha value is -0.0731. The summed E-state index contributed by atoms with van der Waals surface area (Å²) in [6.07, 6.45) is 0. The van der Waals surface area contributed by atoms with Gasteiger partial charge in [-0.25, -0.2) is 0 Å². The highest BCUT2D eigenvalue weighted by Gasteiger charge is 2.17. The molecule has 0 aliphatic rings. The van der Waals surface area contributed by atoms with Crippen molar-refractivity contribution in [3.8, 4) is 11.5 Å². The van der Waals surface area contributed by atoms with Crippen LogP contribution in [0.3, 0.4) is 0 Å². The molecule has 0 aliphatic carbocycles. The van der Waals surface area contributed by atoms with Crippen LogP contribution in [-0.2, 0) is 4.79 Å². The van der Waals surface area contributed by atoms with Gasteiger partial charge in [-0.1, -0.05) is 49.4 Å². The fourth-order valence-electron chi connectivity index (χ4n) is 0.621. The summed E-state index contributed by atoms with van der Waals surface area (Å²) in [5.74, 6) is 3.05. The average molecular weight is 261 g/mol. The quantitative estimate of drug-likeness (QED) is 0.424. The van der Waals surface area contributed by atoms with E-state index in [4.69, 9.17) is 0 Å². The normalized spacial score (nSPS) is 13.5. The molecule has 0 saturated carbocycles. The van der Waals surface area contributed by atoms with Crippen LogP contribution in [0.2, 0.25) is 19.6 Å². The molecule has 74 valence electrons. The molecule has 0 fully saturated rings. The van der Waals surface area contributed by atoms with Crippen molar-refractivity contribution >= 4 is 29.8 Å². The Kier molecular flexibility index (Phi) is 4.94. The Morgan fingerprint density at radius 2 is 1.77 bits per heavy atom. The lowest BCUT2D eigenvalue weighted by Crippen LogP contribution is -2.21. The van der Waals surface area contributed by atoms with Crippen LogP contribution in [0.25, 0.3) is 0 Å². The lowest BCUT2D eigenvalue weighted by molar-refractivity contribution is -0.113. The number of carbonyl (C=O) groups excluding carboxylic acids is 1. The second kappa shape index (κ2) is 4.97. The zero-order valence-electron chi connectivity index (χ0n) is 8.94. The van der Waals surface area contributed by atoms with Crippen molar-refractivity contribution in [2.24, 2.45) is 5.92 Å². The van der Waals surface area contributed by atoms with Gasteiger partial charge in [0.1, 0.15) is 8.07 Å². The van der Waals surface area contributed by atoms with E-state index in [1.807, 2.05) is 13.8 Å². The zero-order valence-corrected chi connectivity index (χ0v) is 11.5. The van der Waals surface area contributed by atoms with Crippen LogP contribution in [0, 0.1) is 17.4 Å². The summed E-state index contributed by atoms with van der Waals surface area (Å²) in [6.45, 7) is 10.4. The summed E-state index contributed by atoms with van der Waals surface area (Å²) in [5, 5.41) is 0. The monoisotopic (exact) mass is 260 g/mol. The standard InChI is InChI=1S/C10H17BrOSi/c1-8(2)10(11)9(12)6-7-13(3,4)5/h8,10H,1-5H3/t10-/m1/s1. The Bertz CT molecular complexity index is 242. The van der Waals surface area contributed by atoms with Crippen molar-refractivity contribution in [2.45, 2.75) is 38.3 Å². The molecule has 0 rings (SSSR count). The summed E-state index contributed by atoms with van der Waals surface area (Å²) in [5.41, 5.74) is 3.07. The molecule has 0 spiro atoms. The topological polar surface area (TPSA) is 17.1 Å². The van der Waals surface area contributed by atoms with E-state index in [1.165, 1.54) is 0 Å². The van der Waals surface area contributed by atoms with Gasteiger partial charge in [0.05, 0.1) is 4.83 Å². The van der Waals surface area contributed by atoms with Gasteiger partial charge >= 0.3 is 0 Å². The molecule has 0 aliphatic heterocycles. The van der Waals surface area contributed by atoms with E-state index in [1.54, 1.807) is 0 Å². The number of halogens is 1. The first-order chi connectivity index (χ1) is 5.74. The smallest absolute Gasteiger partial charge is 0.218 e. The molecule has 13 heavy (non-hydrogen) atoms. The highest BCUT2D eigenvalue weighted by atomic mass is 79.9. The summed E-state index contributed by atoms with van der Waals surface area (Å²) >= 11 is 3.34. The number of carbonyl (C=O) groups is 1. The summed E-state index contributed by atoms with van der Waals surface area (Å²) < 4.78 is 0. The zero-order chi connectivity index (χ0) is 10.6. The van der Waals surface area contributed by atoms with Gasteiger partial charge in [0.15, 0.2) is 0 Å². The van der Waals surface area contributed by atoms with Crippen molar-refractivity contribution in [3.63, 3.8) is 0 Å². The second-order valence-corrected chi connectivity index (χ2v) is 10.2. The second-order valence-electron chi connectivity index (χ2n) is 4.51. The molecule has 0 aromatic carbocycles. The van der Waals surface area contributed by atoms with Crippen LogP contribution >= 0.6 is 15.9 Å². The maximum Gasteiger partial charge on any atom is 0.218 e. The van der Waals surface area contributed by atoms with Crippen LogP contribution in [-0.4, -0.2) is 18.7 Å². The van der Waals surface area contributed by atoms with Crippen molar-refractivity contribution < 1.29 is 4.79 Å². The number of hydrogen-bond donors (Lipinski definition) is 0. The van der Waals surface area contributed by atoms with E-state index in [0.29, 0.717) is 5.92 Å². The third-order valence-electron chi connectivity index (χ3n) is 1.40. The first-order valence-corrected chi connectivity index (χ1v) is 8.86. The molecule has 0 radical (unpaired) electrons. The first-order valence-electron chi connectivity index (χ1n) is 4.45. The highest BCUT2D eigenvalue weighted by molar-refractivity contribution is 9.10. The summed E-state index contributed by atoms with van der Waals surface area (Å²) in [4.78, 5) is 11.3. The van der Waals surface area contributed by atoms with Crippen molar-refractivity contribution in [3.05, 3.63) is 0 Å². The third kappa shape index (κ3) is 6.06. The van der Waals surface area contributed by atoms with Gasteiger partial charge in [-0.05, 0) is 11.8 Å². The number of alkyl halides is 1. The van der Waals surface area contributed by atoms with Crippen molar-refractivity contribution in [1.82, 2.24) is 0 Å². The molecular formula is C10H17BrOSi. The van der Waals surface area contributed by atoms with Crippen LogP contribution in [0.1, 0.15) is 13.8 Å². The maximum absolute atomic E-state index is 11.4. The minimum absolute atomic E-state index is 0.0115. The summed E-state index contributed by atoms with van der Waals surface area (Å²) in [7, 11) is -1.40. The molecule has 0 aromatic heterocycles. The minimum atomic E-state index is -1.40. The lowest BCUT2D eigenvalue weighted by Gasteiger charge is -2.08. The molecule has 1 atom stereocenters. The Morgan fingerprint density at radius 3 is 2.08 bits per heavy atom. The predicted molar refractivity (Wildman–Crippen MR) is 63.7 cm³/mol. The largest absolute Gasteiger partial charge is 0.284 e. The van der Waals surface area contributed by atoms with E-state index in [2.05, 4.69) is 47.0 Å². The Balaban J connectivity index is 4.37. The molecule has 0 unspecified atom stereocenters. The number of hydrogen-bond acceptors (Lipinski definition) is 1. The highest BCUT2D eigenvalue weighted by Crippen LogP contribution is 2.12. The Morgan fingerprint density at radius 1 is 1.31 bits per heavy atom. The molecule has 0 heterocycles.